The van der Waals surface area contributed by atoms with Gasteiger partial charge in [-0.2, -0.15) is 0 Å². The molecule has 0 radical (unpaired) electrons. The Hall–Kier alpha value is -1.80. The van der Waals surface area contributed by atoms with Gasteiger partial charge in [0.25, 0.3) is 0 Å². The second-order valence-electron chi connectivity index (χ2n) is 5.80. The van der Waals surface area contributed by atoms with E-state index in [9.17, 15) is 0 Å². The average Bonchev–Trinajstić information content (AvgIpc) is 2.61. The highest BCUT2D eigenvalue weighted by Crippen LogP contribution is 2.46. The summed E-state index contributed by atoms with van der Waals surface area (Å²) in [5.74, 6) is 0. The van der Waals surface area contributed by atoms with Crippen LogP contribution in [0.5, 0.6) is 0 Å². The predicted octanol–water partition coefficient (Wildman–Crippen LogP) is 3.76. The molecule has 0 bridgehead atoms. The van der Waals surface area contributed by atoms with E-state index in [-0.39, 0.29) is 5.41 Å². The lowest BCUT2D eigenvalue weighted by Crippen LogP contribution is -2.22. The minimum absolute atomic E-state index is 0.0428. The summed E-state index contributed by atoms with van der Waals surface area (Å²) in [6, 6.07) is 8.61. The highest BCUT2D eigenvalue weighted by atomic mass is 15.2. The molecule has 2 N–H and O–H groups in total. The maximum absolute atomic E-state index is 5.51. The number of rotatable bonds is 3. The number of anilines is 1. The van der Waals surface area contributed by atoms with Crippen molar-refractivity contribution in [1.29, 1.82) is 0 Å². The van der Waals surface area contributed by atoms with Gasteiger partial charge in [-0.25, -0.2) is 0 Å². The number of hydrogen-bond donors (Lipinski definition) is 1. The molecule has 0 atom stereocenters. The van der Waals surface area contributed by atoms with Crippen molar-refractivity contribution in [1.82, 2.24) is 0 Å². The lowest BCUT2D eigenvalue weighted by molar-refractivity contribution is 0.640. The molecule has 0 saturated heterocycles. The highest BCUT2D eigenvalue weighted by Gasteiger charge is 2.37. The molecular formula is C18H24N2. The topological polar surface area (TPSA) is 29.3 Å². The molecule has 1 aliphatic heterocycles. The van der Waals surface area contributed by atoms with Gasteiger partial charge in [0.05, 0.1) is 0 Å². The molecule has 0 spiro atoms. The van der Waals surface area contributed by atoms with Crippen molar-refractivity contribution in [2.75, 3.05) is 18.5 Å². The largest absolute Gasteiger partial charge is 0.347 e. The van der Waals surface area contributed by atoms with Crippen LogP contribution in [0.1, 0.15) is 26.3 Å². The van der Waals surface area contributed by atoms with Crippen LogP contribution in [0.25, 0.3) is 0 Å². The number of hydrogen-bond acceptors (Lipinski definition) is 2. The third-order valence-corrected chi connectivity index (χ3v) is 3.99. The van der Waals surface area contributed by atoms with Crippen LogP contribution in [0.3, 0.4) is 0 Å². The summed E-state index contributed by atoms with van der Waals surface area (Å²) in [5.41, 5.74) is 10.7. The molecule has 20 heavy (non-hydrogen) atoms. The summed E-state index contributed by atoms with van der Waals surface area (Å²) < 4.78 is 0. The van der Waals surface area contributed by atoms with E-state index in [1.54, 1.807) is 0 Å². The summed E-state index contributed by atoms with van der Waals surface area (Å²) in [4.78, 5) is 2.28. The van der Waals surface area contributed by atoms with Gasteiger partial charge in [0.15, 0.2) is 0 Å². The highest BCUT2D eigenvalue weighted by molar-refractivity contribution is 5.70. The van der Waals surface area contributed by atoms with Crippen LogP contribution in [-0.2, 0) is 5.41 Å². The summed E-state index contributed by atoms with van der Waals surface area (Å²) in [5, 5.41) is 0. The first-order valence-electron chi connectivity index (χ1n) is 7.07. The van der Waals surface area contributed by atoms with Crippen molar-refractivity contribution in [3.05, 3.63) is 65.4 Å². The Labute approximate surface area is 122 Å². The van der Waals surface area contributed by atoms with Crippen LogP contribution in [0.2, 0.25) is 0 Å². The van der Waals surface area contributed by atoms with Gasteiger partial charge in [0, 0.05) is 30.4 Å². The smallest absolute Gasteiger partial charge is 0.0447 e. The van der Waals surface area contributed by atoms with E-state index in [0.29, 0.717) is 6.54 Å². The van der Waals surface area contributed by atoms with E-state index in [1.165, 1.54) is 22.5 Å². The second-order valence-corrected chi connectivity index (χ2v) is 5.80. The van der Waals surface area contributed by atoms with E-state index in [1.807, 2.05) is 6.08 Å². The van der Waals surface area contributed by atoms with Crippen LogP contribution >= 0.6 is 0 Å². The molecule has 0 aromatic heterocycles. The quantitative estimate of drug-likeness (QED) is 0.846. The number of nitrogens with zero attached hydrogens (tertiary/aromatic N) is 1. The lowest BCUT2D eigenvalue weighted by Gasteiger charge is -2.23. The molecule has 0 amide bonds. The van der Waals surface area contributed by atoms with Crippen LogP contribution in [0, 0.1) is 0 Å². The van der Waals surface area contributed by atoms with E-state index in [2.05, 4.69) is 75.2 Å². The zero-order valence-corrected chi connectivity index (χ0v) is 12.9. The van der Waals surface area contributed by atoms with Crippen molar-refractivity contribution >= 4 is 5.69 Å². The zero-order valence-electron chi connectivity index (χ0n) is 12.9. The van der Waals surface area contributed by atoms with Gasteiger partial charge in [-0.1, -0.05) is 55.8 Å². The Balaban J connectivity index is 2.33. The van der Waals surface area contributed by atoms with Crippen molar-refractivity contribution in [3.8, 4) is 0 Å². The first kappa shape index (κ1) is 14.6. The van der Waals surface area contributed by atoms with Crippen molar-refractivity contribution in [3.63, 3.8) is 0 Å². The molecule has 2 nitrogen and oxygen atoms in total. The standard InChI is InChI=1S/C18H24N2/c1-14(12-13-19)8-7-11-17-18(2,3)15-9-5-6-10-16(15)20(17)4/h5-12H,13,19H2,1-4H3/b8-7+,14-12+,17-11+. The maximum atomic E-state index is 5.51. The normalized spacial score (nSPS) is 19.9. The molecule has 1 aromatic rings. The third kappa shape index (κ3) is 2.56. The van der Waals surface area contributed by atoms with Crippen LogP contribution in [0.4, 0.5) is 5.69 Å². The number of allylic oxidation sites excluding steroid dienone is 5. The molecular weight excluding hydrogens is 244 g/mol. The number of nitrogens with two attached hydrogens (primary N) is 1. The summed E-state index contributed by atoms with van der Waals surface area (Å²) in [6.07, 6.45) is 8.44. The van der Waals surface area contributed by atoms with Crippen LogP contribution in [0.15, 0.2) is 59.8 Å². The average molecular weight is 268 g/mol. The Morgan fingerprint density at radius 3 is 2.65 bits per heavy atom. The van der Waals surface area contributed by atoms with E-state index in [4.69, 9.17) is 5.73 Å². The molecule has 0 aliphatic carbocycles. The third-order valence-electron chi connectivity index (χ3n) is 3.99. The lowest BCUT2D eigenvalue weighted by atomic mass is 9.84. The number of fused-ring (bicyclic) bond motifs is 1. The predicted molar refractivity (Wildman–Crippen MR) is 87.9 cm³/mol. The molecule has 0 unspecified atom stereocenters. The fraction of sp³-hybridized carbons (Fsp3) is 0.333. The number of para-hydroxylation sites is 1. The molecule has 1 heterocycles. The fourth-order valence-corrected chi connectivity index (χ4v) is 2.85. The molecule has 2 rings (SSSR count). The molecule has 0 fully saturated rings. The Bertz CT molecular complexity index is 577. The second kappa shape index (κ2) is 5.68. The van der Waals surface area contributed by atoms with Crippen molar-refractivity contribution in [2.24, 2.45) is 5.73 Å². The van der Waals surface area contributed by atoms with Gasteiger partial charge < -0.3 is 10.6 Å². The molecule has 0 saturated carbocycles. The Morgan fingerprint density at radius 2 is 2.00 bits per heavy atom. The minimum Gasteiger partial charge on any atom is -0.347 e. The molecule has 1 aliphatic rings. The minimum atomic E-state index is 0.0428. The molecule has 1 aromatic carbocycles. The van der Waals surface area contributed by atoms with E-state index >= 15 is 0 Å². The summed E-state index contributed by atoms with van der Waals surface area (Å²) in [7, 11) is 2.13. The van der Waals surface area contributed by atoms with Gasteiger partial charge in [-0.05, 0) is 24.6 Å². The van der Waals surface area contributed by atoms with Gasteiger partial charge in [0.1, 0.15) is 0 Å². The molecule has 106 valence electrons. The van der Waals surface area contributed by atoms with Crippen molar-refractivity contribution < 1.29 is 0 Å². The van der Waals surface area contributed by atoms with Crippen LogP contribution in [-0.4, -0.2) is 13.6 Å². The Kier molecular flexibility index (Phi) is 4.15. The number of likely N-dealkylation sites (N-methyl/N-ethyl adjacent to an activating group) is 1. The van der Waals surface area contributed by atoms with Crippen LogP contribution < -0.4 is 10.6 Å². The first-order valence-corrected chi connectivity index (χ1v) is 7.07. The monoisotopic (exact) mass is 268 g/mol. The first-order chi connectivity index (χ1) is 9.48. The van der Waals surface area contributed by atoms with Gasteiger partial charge in [-0.3, -0.25) is 0 Å². The molecule has 2 heteroatoms. The zero-order chi connectivity index (χ0) is 14.8. The summed E-state index contributed by atoms with van der Waals surface area (Å²) in [6.45, 7) is 7.21. The van der Waals surface area contributed by atoms with Crippen molar-refractivity contribution in [2.45, 2.75) is 26.2 Å². The summed E-state index contributed by atoms with van der Waals surface area (Å²) >= 11 is 0. The SMILES string of the molecule is CC(/C=C/C=C1/N(C)c2ccccc2C1(C)C)=C\CN. The van der Waals surface area contributed by atoms with Gasteiger partial charge >= 0.3 is 0 Å². The fourth-order valence-electron chi connectivity index (χ4n) is 2.85. The van der Waals surface area contributed by atoms with E-state index < -0.39 is 0 Å². The Morgan fingerprint density at radius 1 is 1.30 bits per heavy atom. The maximum Gasteiger partial charge on any atom is 0.0447 e. The number of benzene rings is 1. The van der Waals surface area contributed by atoms with Gasteiger partial charge in [-0.15, -0.1) is 0 Å². The van der Waals surface area contributed by atoms with E-state index in [0.717, 1.165) is 0 Å². The van der Waals surface area contributed by atoms with Gasteiger partial charge in [0.2, 0.25) is 0 Å².